The van der Waals surface area contributed by atoms with E-state index < -0.39 is 0 Å². The van der Waals surface area contributed by atoms with Gasteiger partial charge in [-0.1, -0.05) is 12.7 Å². The monoisotopic (exact) mass is 389 g/mol. The maximum Gasteiger partial charge on any atom is 0.0592 e. The summed E-state index contributed by atoms with van der Waals surface area (Å²) in [6.45, 7) is 10.2. The lowest BCUT2D eigenvalue weighted by Gasteiger charge is -2.21. The molecule has 0 aliphatic heterocycles. The molecule has 0 bridgehead atoms. The third-order valence-corrected chi connectivity index (χ3v) is 4.56. The van der Waals surface area contributed by atoms with Crippen molar-refractivity contribution in [2.45, 2.75) is 13.8 Å². The average molecular weight is 390 g/mol. The molecular formula is C24H31N5. The summed E-state index contributed by atoms with van der Waals surface area (Å²) in [6.07, 6.45) is 7.09. The summed E-state index contributed by atoms with van der Waals surface area (Å²) in [7, 11) is 3.65. The second-order valence-corrected chi connectivity index (χ2v) is 6.44. The van der Waals surface area contributed by atoms with E-state index in [1.165, 1.54) is 5.69 Å². The summed E-state index contributed by atoms with van der Waals surface area (Å²) in [6, 6.07) is 16.7. The Morgan fingerprint density at radius 1 is 0.966 bits per heavy atom. The van der Waals surface area contributed by atoms with Crippen molar-refractivity contribution in [3.05, 3.63) is 72.8 Å². The van der Waals surface area contributed by atoms with Crippen LogP contribution in [-0.4, -0.2) is 39.6 Å². The molecule has 2 aromatic rings. The van der Waals surface area contributed by atoms with Crippen LogP contribution in [0.2, 0.25) is 0 Å². The summed E-state index contributed by atoms with van der Waals surface area (Å²) < 4.78 is 0. The zero-order valence-corrected chi connectivity index (χ0v) is 17.8. The van der Waals surface area contributed by atoms with Crippen molar-refractivity contribution in [3.63, 3.8) is 0 Å². The van der Waals surface area contributed by atoms with Crippen LogP contribution < -0.4 is 15.2 Å². The third kappa shape index (κ3) is 6.64. The number of rotatable bonds is 10. The summed E-state index contributed by atoms with van der Waals surface area (Å²) >= 11 is 0. The van der Waals surface area contributed by atoms with Gasteiger partial charge in [0.2, 0.25) is 0 Å². The lowest BCUT2D eigenvalue weighted by Crippen LogP contribution is -2.21. The van der Waals surface area contributed by atoms with Crippen molar-refractivity contribution < 1.29 is 0 Å². The van der Waals surface area contributed by atoms with E-state index >= 15 is 0 Å². The lowest BCUT2D eigenvalue weighted by molar-refractivity contribution is 0.866. The molecule has 0 fully saturated rings. The minimum absolute atomic E-state index is 0.897. The van der Waals surface area contributed by atoms with Crippen LogP contribution in [0, 0.1) is 0 Å². The SMILES string of the molecule is C=CC(/C=N/N(C)c1ccc(Nc2ccc(N(CC)CC)cc2)cc1)=C\C=NC. The number of allylic oxidation sites excluding steroid dienone is 3. The maximum absolute atomic E-state index is 4.46. The van der Waals surface area contributed by atoms with E-state index in [0.29, 0.717) is 0 Å². The Hall–Kier alpha value is -3.34. The second-order valence-electron chi connectivity index (χ2n) is 6.44. The Morgan fingerprint density at radius 2 is 1.52 bits per heavy atom. The van der Waals surface area contributed by atoms with Gasteiger partial charge < -0.3 is 10.2 Å². The quantitative estimate of drug-likeness (QED) is 0.331. The van der Waals surface area contributed by atoms with E-state index in [9.17, 15) is 0 Å². The molecule has 5 heteroatoms. The topological polar surface area (TPSA) is 43.2 Å². The van der Waals surface area contributed by atoms with Gasteiger partial charge in [-0.3, -0.25) is 10.0 Å². The van der Waals surface area contributed by atoms with Gasteiger partial charge in [-0.2, -0.15) is 5.10 Å². The third-order valence-electron chi connectivity index (χ3n) is 4.56. The number of benzene rings is 2. The summed E-state index contributed by atoms with van der Waals surface area (Å²) in [5.74, 6) is 0. The first-order valence-corrected chi connectivity index (χ1v) is 9.86. The van der Waals surface area contributed by atoms with Gasteiger partial charge in [-0.15, -0.1) is 0 Å². The Labute approximate surface area is 174 Å². The van der Waals surface area contributed by atoms with Crippen LogP contribution in [0.15, 0.2) is 82.9 Å². The second kappa shape index (κ2) is 11.5. The summed E-state index contributed by atoms with van der Waals surface area (Å²) in [4.78, 5) is 6.27. The molecule has 2 aromatic carbocycles. The molecule has 0 amide bonds. The van der Waals surface area contributed by atoms with E-state index in [-0.39, 0.29) is 0 Å². The van der Waals surface area contributed by atoms with Crippen LogP contribution in [-0.2, 0) is 0 Å². The first-order valence-electron chi connectivity index (χ1n) is 9.86. The number of nitrogens with one attached hydrogen (secondary N) is 1. The molecule has 0 heterocycles. The Balaban J connectivity index is 2.01. The van der Waals surface area contributed by atoms with E-state index in [0.717, 1.165) is 35.7 Å². The van der Waals surface area contributed by atoms with Crippen molar-refractivity contribution >= 4 is 35.2 Å². The molecule has 0 spiro atoms. The van der Waals surface area contributed by atoms with Gasteiger partial charge in [0, 0.05) is 50.5 Å². The zero-order chi connectivity index (χ0) is 21.1. The normalized spacial score (nSPS) is 11.8. The van der Waals surface area contributed by atoms with Gasteiger partial charge >= 0.3 is 0 Å². The minimum atomic E-state index is 0.897. The molecule has 0 radical (unpaired) electrons. The number of nitrogens with zero attached hydrogens (tertiary/aromatic N) is 4. The van der Waals surface area contributed by atoms with Gasteiger partial charge in [0.05, 0.1) is 11.9 Å². The fourth-order valence-electron chi connectivity index (χ4n) is 2.82. The molecule has 0 aromatic heterocycles. The van der Waals surface area contributed by atoms with Crippen molar-refractivity contribution in [3.8, 4) is 0 Å². The van der Waals surface area contributed by atoms with Gasteiger partial charge in [-0.05, 0) is 74.0 Å². The van der Waals surface area contributed by atoms with Crippen LogP contribution >= 0.6 is 0 Å². The molecular weight excluding hydrogens is 358 g/mol. The average Bonchev–Trinajstić information content (AvgIpc) is 2.76. The van der Waals surface area contributed by atoms with Crippen LogP contribution in [0.25, 0.3) is 0 Å². The fraction of sp³-hybridized carbons (Fsp3) is 0.250. The highest BCUT2D eigenvalue weighted by atomic mass is 15.4. The molecule has 29 heavy (non-hydrogen) atoms. The molecule has 0 unspecified atom stereocenters. The van der Waals surface area contributed by atoms with Crippen LogP contribution in [0.1, 0.15) is 13.8 Å². The standard InChI is InChI=1S/C24H31N5/c1-6-20(17-18-25-4)19-26-28(5)23-13-9-21(10-14-23)27-22-11-15-24(16-12-22)29(7-2)8-3/h6,9-19,27H,1,7-8H2,2-5H3/b20-17+,25-18?,26-19+. The Morgan fingerprint density at radius 3 is 2.00 bits per heavy atom. The number of hydrogen-bond donors (Lipinski definition) is 1. The van der Waals surface area contributed by atoms with Crippen molar-refractivity contribution in [1.29, 1.82) is 0 Å². The van der Waals surface area contributed by atoms with Crippen molar-refractivity contribution in [2.75, 3.05) is 42.4 Å². The Bertz CT molecular complexity index is 844. The Kier molecular flexibility index (Phi) is 8.70. The number of hydrogen-bond acceptors (Lipinski definition) is 5. The summed E-state index contributed by atoms with van der Waals surface area (Å²) in [5.41, 5.74) is 5.24. The molecule has 152 valence electrons. The van der Waals surface area contributed by atoms with Gasteiger partial charge in [-0.25, -0.2) is 0 Å². The number of aliphatic imine (C=N–C) groups is 1. The smallest absolute Gasteiger partial charge is 0.0592 e. The highest BCUT2D eigenvalue weighted by molar-refractivity contribution is 5.89. The molecule has 1 N–H and O–H groups in total. The van der Waals surface area contributed by atoms with E-state index in [4.69, 9.17) is 0 Å². The molecule has 0 aliphatic carbocycles. The molecule has 2 rings (SSSR count). The zero-order valence-electron chi connectivity index (χ0n) is 17.8. The van der Waals surface area contributed by atoms with Crippen molar-refractivity contribution in [2.24, 2.45) is 10.1 Å². The molecule has 0 atom stereocenters. The first-order chi connectivity index (χ1) is 14.1. The molecule has 5 nitrogen and oxygen atoms in total. The van der Waals surface area contributed by atoms with E-state index in [1.807, 2.05) is 42.4 Å². The predicted octanol–water partition coefficient (Wildman–Crippen LogP) is 5.51. The first kappa shape index (κ1) is 22.0. The molecule has 0 aliphatic rings. The highest BCUT2D eigenvalue weighted by Crippen LogP contribution is 2.23. The summed E-state index contributed by atoms with van der Waals surface area (Å²) in [5, 5.41) is 9.72. The highest BCUT2D eigenvalue weighted by Gasteiger charge is 2.03. The van der Waals surface area contributed by atoms with Gasteiger partial charge in [0.15, 0.2) is 0 Å². The largest absolute Gasteiger partial charge is 0.372 e. The van der Waals surface area contributed by atoms with E-state index in [1.54, 1.807) is 25.6 Å². The van der Waals surface area contributed by atoms with Gasteiger partial charge in [0.1, 0.15) is 0 Å². The fourth-order valence-corrected chi connectivity index (χ4v) is 2.82. The maximum atomic E-state index is 4.46. The van der Waals surface area contributed by atoms with Crippen molar-refractivity contribution in [1.82, 2.24) is 0 Å². The molecule has 0 saturated heterocycles. The van der Waals surface area contributed by atoms with Crippen LogP contribution in [0.4, 0.5) is 22.7 Å². The van der Waals surface area contributed by atoms with Gasteiger partial charge in [0.25, 0.3) is 0 Å². The van der Waals surface area contributed by atoms with Crippen LogP contribution in [0.5, 0.6) is 0 Å². The lowest BCUT2D eigenvalue weighted by atomic mass is 10.2. The number of anilines is 4. The predicted molar refractivity (Wildman–Crippen MR) is 129 cm³/mol. The van der Waals surface area contributed by atoms with Crippen LogP contribution in [0.3, 0.4) is 0 Å². The van der Waals surface area contributed by atoms with E-state index in [2.05, 4.69) is 65.0 Å². The molecule has 0 saturated carbocycles. The number of hydrazone groups is 1. The minimum Gasteiger partial charge on any atom is -0.372 e.